The average molecular weight is 213 g/mol. The van der Waals surface area contributed by atoms with Crippen LogP contribution in [-0.2, 0) is 11.3 Å². The van der Waals surface area contributed by atoms with Gasteiger partial charge >= 0.3 is 0 Å². The van der Waals surface area contributed by atoms with Crippen LogP contribution in [0.3, 0.4) is 0 Å². The lowest BCUT2D eigenvalue weighted by molar-refractivity contribution is 0.128. The third-order valence-electron chi connectivity index (χ3n) is 1.65. The predicted molar refractivity (Wildman–Crippen MR) is 58.7 cm³/mol. The smallest absolute Gasteiger partial charge is 0.157 e. The standard InChI is InChI=1S/C9H15N3OS/c1-4-13-6-8-11-7(10-2)5-9(12-8)14-3/h5H,4,6H2,1-3H3,(H,10,11,12). The molecule has 0 radical (unpaired) electrons. The van der Waals surface area contributed by atoms with Crippen molar-refractivity contribution in [3.63, 3.8) is 0 Å². The van der Waals surface area contributed by atoms with E-state index in [1.807, 2.05) is 26.3 Å². The van der Waals surface area contributed by atoms with Crippen molar-refractivity contribution in [3.05, 3.63) is 11.9 Å². The Morgan fingerprint density at radius 2 is 2.29 bits per heavy atom. The van der Waals surface area contributed by atoms with Crippen LogP contribution < -0.4 is 5.32 Å². The summed E-state index contributed by atoms with van der Waals surface area (Å²) in [6, 6.07) is 1.92. The van der Waals surface area contributed by atoms with E-state index in [1.54, 1.807) is 11.8 Å². The highest BCUT2D eigenvalue weighted by molar-refractivity contribution is 7.98. The van der Waals surface area contributed by atoms with Crippen LogP contribution in [0.1, 0.15) is 12.7 Å². The first-order valence-corrected chi connectivity index (χ1v) is 5.70. The number of aromatic nitrogens is 2. The lowest BCUT2D eigenvalue weighted by Gasteiger charge is -2.05. The van der Waals surface area contributed by atoms with E-state index < -0.39 is 0 Å². The van der Waals surface area contributed by atoms with Crippen molar-refractivity contribution in [1.29, 1.82) is 0 Å². The van der Waals surface area contributed by atoms with Crippen molar-refractivity contribution in [2.45, 2.75) is 18.6 Å². The number of hydrogen-bond donors (Lipinski definition) is 1. The summed E-state index contributed by atoms with van der Waals surface area (Å²) in [7, 11) is 1.84. The van der Waals surface area contributed by atoms with Gasteiger partial charge in [-0.05, 0) is 13.2 Å². The molecule has 0 saturated carbocycles. The van der Waals surface area contributed by atoms with E-state index in [1.165, 1.54) is 0 Å². The molecule has 0 aliphatic heterocycles. The molecule has 0 bridgehead atoms. The van der Waals surface area contributed by atoms with Gasteiger partial charge in [0.1, 0.15) is 17.5 Å². The molecule has 1 aromatic heterocycles. The number of rotatable bonds is 5. The van der Waals surface area contributed by atoms with Gasteiger partial charge in [-0.1, -0.05) is 0 Å². The molecule has 0 aromatic carbocycles. The fourth-order valence-electron chi connectivity index (χ4n) is 0.963. The van der Waals surface area contributed by atoms with Crippen LogP contribution in [0.5, 0.6) is 0 Å². The Labute approximate surface area is 88.5 Å². The van der Waals surface area contributed by atoms with Crippen molar-refractivity contribution in [3.8, 4) is 0 Å². The molecule has 0 amide bonds. The SMILES string of the molecule is CCOCc1nc(NC)cc(SC)n1. The molecule has 0 spiro atoms. The van der Waals surface area contributed by atoms with E-state index in [2.05, 4.69) is 15.3 Å². The Kier molecular flexibility index (Phi) is 4.69. The summed E-state index contributed by atoms with van der Waals surface area (Å²) in [5.41, 5.74) is 0. The second-order valence-electron chi connectivity index (χ2n) is 2.60. The highest BCUT2D eigenvalue weighted by Gasteiger charge is 2.02. The van der Waals surface area contributed by atoms with Crippen LogP contribution in [0.2, 0.25) is 0 Å². The molecular formula is C9H15N3OS. The second kappa shape index (κ2) is 5.82. The Hall–Kier alpha value is -0.810. The molecule has 1 heterocycles. The third kappa shape index (κ3) is 3.16. The van der Waals surface area contributed by atoms with Gasteiger partial charge in [-0.3, -0.25) is 0 Å². The molecule has 5 heteroatoms. The second-order valence-corrected chi connectivity index (χ2v) is 3.43. The summed E-state index contributed by atoms with van der Waals surface area (Å²) < 4.78 is 5.26. The van der Waals surface area contributed by atoms with Gasteiger partial charge in [0.2, 0.25) is 0 Å². The quantitative estimate of drug-likeness (QED) is 0.596. The van der Waals surface area contributed by atoms with Gasteiger partial charge in [-0.2, -0.15) is 0 Å². The first-order valence-electron chi connectivity index (χ1n) is 4.47. The Morgan fingerprint density at radius 3 is 2.86 bits per heavy atom. The van der Waals surface area contributed by atoms with E-state index in [9.17, 15) is 0 Å². The van der Waals surface area contributed by atoms with E-state index in [4.69, 9.17) is 4.74 Å². The van der Waals surface area contributed by atoms with Gasteiger partial charge in [0.15, 0.2) is 5.82 Å². The highest BCUT2D eigenvalue weighted by atomic mass is 32.2. The van der Waals surface area contributed by atoms with Gasteiger partial charge in [-0.15, -0.1) is 11.8 Å². The van der Waals surface area contributed by atoms with Crippen LogP contribution >= 0.6 is 11.8 Å². The first-order chi connectivity index (χ1) is 6.80. The monoisotopic (exact) mass is 213 g/mol. The predicted octanol–water partition coefficient (Wildman–Crippen LogP) is 1.78. The largest absolute Gasteiger partial charge is 0.374 e. The third-order valence-corrected chi connectivity index (χ3v) is 2.28. The molecule has 0 unspecified atom stereocenters. The normalized spacial score (nSPS) is 10.2. The fraction of sp³-hybridized carbons (Fsp3) is 0.556. The summed E-state index contributed by atoms with van der Waals surface area (Å²) >= 11 is 1.60. The summed E-state index contributed by atoms with van der Waals surface area (Å²) in [6.07, 6.45) is 1.99. The van der Waals surface area contributed by atoms with Crippen molar-refractivity contribution < 1.29 is 4.74 Å². The van der Waals surface area contributed by atoms with Gasteiger partial charge in [0.05, 0.1) is 0 Å². The minimum absolute atomic E-state index is 0.472. The van der Waals surface area contributed by atoms with E-state index in [0.29, 0.717) is 13.2 Å². The molecule has 0 aliphatic rings. The van der Waals surface area contributed by atoms with E-state index >= 15 is 0 Å². The highest BCUT2D eigenvalue weighted by Crippen LogP contribution is 2.15. The zero-order valence-corrected chi connectivity index (χ0v) is 9.52. The molecular weight excluding hydrogens is 198 g/mol. The number of thioether (sulfide) groups is 1. The van der Waals surface area contributed by atoms with E-state index in [0.717, 1.165) is 16.7 Å². The Morgan fingerprint density at radius 1 is 1.50 bits per heavy atom. The van der Waals surface area contributed by atoms with Crippen molar-refractivity contribution >= 4 is 17.6 Å². The molecule has 0 saturated heterocycles. The van der Waals surface area contributed by atoms with Crippen molar-refractivity contribution in [2.24, 2.45) is 0 Å². The Bertz CT molecular complexity index is 271. The summed E-state index contributed by atoms with van der Waals surface area (Å²) in [6.45, 7) is 3.11. The van der Waals surface area contributed by atoms with Gasteiger partial charge in [-0.25, -0.2) is 9.97 Å². The maximum absolute atomic E-state index is 5.26. The van der Waals surface area contributed by atoms with Gasteiger partial charge in [0, 0.05) is 19.7 Å². The molecule has 1 aromatic rings. The maximum Gasteiger partial charge on any atom is 0.157 e. The number of ether oxygens (including phenoxy) is 1. The van der Waals surface area contributed by atoms with Gasteiger partial charge in [0.25, 0.3) is 0 Å². The van der Waals surface area contributed by atoms with Crippen LogP contribution in [0.4, 0.5) is 5.82 Å². The van der Waals surface area contributed by atoms with Crippen molar-refractivity contribution in [2.75, 3.05) is 25.2 Å². The maximum atomic E-state index is 5.26. The number of nitrogens with one attached hydrogen (secondary N) is 1. The van der Waals surface area contributed by atoms with Gasteiger partial charge < -0.3 is 10.1 Å². The summed E-state index contributed by atoms with van der Waals surface area (Å²) in [5, 5.41) is 3.96. The van der Waals surface area contributed by atoms with Crippen LogP contribution in [0.15, 0.2) is 11.1 Å². The summed E-state index contributed by atoms with van der Waals surface area (Å²) in [4.78, 5) is 8.60. The van der Waals surface area contributed by atoms with Crippen molar-refractivity contribution in [1.82, 2.24) is 9.97 Å². The molecule has 14 heavy (non-hydrogen) atoms. The minimum Gasteiger partial charge on any atom is -0.374 e. The number of nitrogens with zero attached hydrogens (tertiary/aromatic N) is 2. The summed E-state index contributed by atoms with van der Waals surface area (Å²) in [5.74, 6) is 1.56. The van der Waals surface area contributed by atoms with Crippen LogP contribution in [0.25, 0.3) is 0 Å². The first kappa shape index (κ1) is 11.3. The average Bonchev–Trinajstić information content (AvgIpc) is 2.25. The zero-order valence-electron chi connectivity index (χ0n) is 8.70. The molecule has 1 N–H and O–H groups in total. The lowest BCUT2D eigenvalue weighted by atomic mass is 10.5. The molecule has 4 nitrogen and oxygen atoms in total. The van der Waals surface area contributed by atoms with Crippen LogP contribution in [0, 0.1) is 0 Å². The lowest BCUT2D eigenvalue weighted by Crippen LogP contribution is -2.03. The number of anilines is 1. The minimum atomic E-state index is 0.472. The molecule has 1 rings (SSSR count). The zero-order chi connectivity index (χ0) is 10.4. The molecule has 78 valence electrons. The Balaban J connectivity index is 2.81. The van der Waals surface area contributed by atoms with Crippen LogP contribution in [-0.4, -0.2) is 29.9 Å². The van der Waals surface area contributed by atoms with E-state index in [-0.39, 0.29) is 0 Å². The number of hydrogen-bond acceptors (Lipinski definition) is 5. The molecule has 0 fully saturated rings. The fourth-order valence-corrected chi connectivity index (χ4v) is 1.39. The molecule has 0 atom stereocenters. The molecule has 0 aliphatic carbocycles. The topological polar surface area (TPSA) is 47.0 Å².